The highest BCUT2D eigenvalue weighted by atomic mass is 35.5. The third-order valence-electron chi connectivity index (χ3n) is 3.11. The van der Waals surface area contributed by atoms with Crippen molar-refractivity contribution in [1.82, 2.24) is 0 Å². The summed E-state index contributed by atoms with van der Waals surface area (Å²) in [5.41, 5.74) is 0.688. The van der Waals surface area contributed by atoms with Crippen molar-refractivity contribution in [2.75, 3.05) is 0 Å². The van der Waals surface area contributed by atoms with Crippen LogP contribution in [0.3, 0.4) is 0 Å². The predicted molar refractivity (Wildman–Crippen MR) is 63.4 cm³/mol. The molecule has 0 heterocycles. The molecule has 1 N–H and O–H groups in total. The van der Waals surface area contributed by atoms with Gasteiger partial charge in [0.1, 0.15) is 0 Å². The summed E-state index contributed by atoms with van der Waals surface area (Å²) in [6, 6.07) is 5.34. The Balaban J connectivity index is 2.12. The molecule has 1 fully saturated rings. The van der Waals surface area contributed by atoms with E-state index < -0.39 is 6.10 Å². The van der Waals surface area contributed by atoms with Crippen LogP contribution < -0.4 is 0 Å². The predicted octanol–water partition coefficient (Wildman–Crippen LogP) is 4.22. The highest BCUT2D eigenvalue weighted by molar-refractivity contribution is 6.36. The van der Waals surface area contributed by atoms with Crippen molar-refractivity contribution in [3.8, 4) is 0 Å². The number of rotatable bonds is 3. The number of hydrogen-bond acceptors (Lipinski definition) is 1. The molecule has 15 heavy (non-hydrogen) atoms. The highest BCUT2D eigenvalue weighted by Gasteiger charge is 2.24. The second-order valence-corrected chi connectivity index (χ2v) is 5.00. The summed E-state index contributed by atoms with van der Waals surface area (Å²) in [7, 11) is 0. The van der Waals surface area contributed by atoms with Crippen molar-refractivity contribution < 1.29 is 5.11 Å². The molecule has 1 aromatic carbocycles. The van der Waals surface area contributed by atoms with Crippen LogP contribution >= 0.6 is 23.2 Å². The maximum Gasteiger partial charge on any atom is 0.0821 e. The third-order valence-corrected chi connectivity index (χ3v) is 3.77. The number of aliphatic hydroxyl groups is 1. The molecule has 2 rings (SSSR count). The molecule has 1 aromatic rings. The summed E-state index contributed by atoms with van der Waals surface area (Å²) in [6.07, 6.45) is 3.99. The molecule has 1 unspecified atom stereocenters. The van der Waals surface area contributed by atoms with E-state index in [1.165, 1.54) is 19.3 Å². The number of benzene rings is 1. The second-order valence-electron chi connectivity index (χ2n) is 4.18. The van der Waals surface area contributed by atoms with Gasteiger partial charge in [0, 0.05) is 15.6 Å². The Labute approximate surface area is 100 Å². The van der Waals surface area contributed by atoms with Crippen LogP contribution in [0.25, 0.3) is 0 Å². The van der Waals surface area contributed by atoms with E-state index >= 15 is 0 Å². The Morgan fingerprint density at radius 3 is 2.33 bits per heavy atom. The molecule has 1 aliphatic carbocycles. The largest absolute Gasteiger partial charge is 0.388 e. The summed E-state index contributed by atoms with van der Waals surface area (Å²) in [5.74, 6) is 0.646. The van der Waals surface area contributed by atoms with Crippen LogP contribution in [0.15, 0.2) is 18.2 Å². The summed E-state index contributed by atoms with van der Waals surface area (Å²) in [6.45, 7) is 0. The monoisotopic (exact) mass is 244 g/mol. The van der Waals surface area contributed by atoms with Crippen molar-refractivity contribution >= 4 is 23.2 Å². The Morgan fingerprint density at radius 2 is 1.87 bits per heavy atom. The molecule has 1 aliphatic rings. The van der Waals surface area contributed by atoms with Crippen molar-refractivity contribution in [2.45, 2.75) is 31.8 Å². The first-order valence-corrected chi connectivity index (χ1v) is 6.06. The first kappa shape index (κ1) is 11.3. The highest BCUT2D eigenvalue weighted by Crippen LogP contribution is 2.38. The number of halogens is 2. The standard InChI is InChI=1S/C12H14Cl2O/c13-9-5-2-6-10(14)12(9)11(15)7-8-3-1-4-8/h2,5-6,8,11,15H,1,3-4,7H2. The fourth-order valence-electron chi connectivity index (χ4n) is 1.99. The lowest BCUT2D eigenvalue weighted by Crippen LogP contribution is -2.15. The average molecular weight is 245 g/mol. The van der Waals surface area contributed by atoms with Crippen molar-refractivity contribution in [3.05, 3.63) is 33.8 Å². The molecule has 0 aliphatic heterocycles. The average Bonchev–Trinajstić information content (AvgIpc) is 2.11. The molecule has 0 saturated heterocycles. The van der Waals surface area contributed by atoms with E-state index in [2.05, 4.69) is 0 Å². The van der Waals surface area contributed by atoms with E-state index in [1.807, 2.05) is 0 Å². The smallest absolute Gasteiger partial charge is 0.0821 e. The van der Waals surface area contributed by atoms with Gasteiger partial charge in [-0.05, 0) is 24.5 Å². The Kier molecular flexibility index (Phi) is 3.55. The normalized spacial score (nSPS) is 18.6. The second kappa shape index (κ2) is 4.73. The molecular formula is C12H14Cl2O. The SMILES string of the molecule is OC(CC1CCC1)c1c(Cl)cccc1Cl. The maximum atomic E-state index is 10.0. The Bertz CT molecular complexity index is 327. The lowest BCUT2D eigenvalue weighted by atomic mass is 9.80. The van der Waals surface area contributed by atoms with Crippen LogP contribution in [-0.2, 0) is 0 Å². The molecule has 1 saturated carbocycles. The van der Waals surface area contributed by atoms with Gasteiger partial charge in [-0.1, -0.05) is 48.5 Å². The fraction of sp³-hybridized carbons (Fsp3) is 0.500. The van der Waals surface area contributed by atoms with Gasteiger partial charge in [-0.2, -0.15) is 0 Å². The molecule has 0 amide bonds. The summed E-state index contributed by atoms with van der Waals surface area (Å²) < 4.78 is 0. The van der Waals surface area contributed by atoms with Gasteiger partial charge < -0.3 is 5.11 Å². The van der Waals surface area contributed by atoms with Crippen molar-refractivity contribution in [1.29, 1.82) is 0 Å². The van der Waals surface area contributed by atoms with Gasteiger partial charge in [0.15, 0.2) is 0 Å². The molecular weight excluding hydrogens is 231 g/mol. The number of aliphatic hydroxyl groups excluding tert-OH is 1. The van der Waals surface area contributed by atoms with Crippen LogP contribution in [0.4, 0.5) is 0 Å². The fourth-order valence-corrected chi connectivity index (χ4v) is 2.64. The number of hydrogen-bond donors (Lipinski definition) is 1. The minimum absolute atomic E-state index is 0.517. The van der Waals surface area contributed by atoms with Gasteiger partial charge in [-0.3, -0.25) is 0 Å². The van der Waals surface area contributed by atoms with E-state index in [0.717, 1.165) is 6.42 Å². The third kappa shape index (κ3) is 2.47. The van der Waals surface area contributed by atoms with Gasteiger partial charge in [-0.15, -0.1) is 0 Å². The van der Waals surface area contributed by atoms with Crippen LogP contribution in [-0.4, -0.2) is 5.11 Å². The van der Waals surface area contributed by atoms with Crippen molar-refractivity contribution in [2.24, 2.45) is 5.92 Å². The van der Waals surface area contributed by atoms with Gasteiger partial charge in [0.2, 0.25) is 0 Å². The molecule has 1 nitrogen and oxygen atoms in total. The Morgan fingerprint density at radius 1 is 1.27 bits per heavy atom. The lowest BCUT2D eigenvalue weighted by Gasteiger charge is -2.28. The van der Waals surface area contributed by atoms with Crippen LogP contribution in [0.2, 0.25) is 10.0 Å². The molecule has 0 spiro atoms. The van der Waals surface area contributed by atoms with Crippen LogP contribution in [0.1, 0.15) is 37.4 Å². The van der Waals surface area contributed by atoms with Gasteiger partial charge >= 0.3 is 0 Å². The van der Waals surface area contributed by atoms with E-state index in [4.69, 9.17) is 23.2 Å². The minimum Gasteiger partial charge on any atom is -0.388 e. The molecule has 0 aromatic heterocycles. The van der Waals surface area contributed by atoms with Gasteiger partial charge in [0.25, 0.3) is 0 Å². The minimum atomic E-state index is -0.517. The molecule has 82 valence electrons. The topological polar surface area (TPSA) is 20.2 Å². The van der Waals surface area contributed by atoms with E-state index in [9.17, 15) is 5.11 Å². The zero-order chi connectivity index (χ0) is 10.8. The molecule has 3 heteroatoms. The zero-order valence-electron chi connectivity index (χ0n) is 8.42. The summed E-state index contributed by atoms with van der Waals surface area (Å²) in [5, 5.41) is 11.2. The van der Waals surface area contributed by atoms with E-state index in [1.54, 1.807) is 18.2 Å². The summed E-state index contributed by atoms with van der Waals surface area (Å²) >= 11 is 12.0. The quantitative estimate of drug-likeness (QED) is 0.845. The van der Waals surface area contributed by atoms with Gasteiger partial charge in [0.05, 0.1) is 6.10 Å². The molecule has 0 radical (unpaired) electrons. The zero-order valence-corrected chi connectivity index (χ0v) is 9.93. The van der Waals surface area contributed by atoms with Crippen LogP contribution in [0.5, 0.6) is 0 Å². The first-order valence-electron chi connectivity index (χ1n) is 5.30. The van der Waals surface area contributed by atoms with Gasteiger partial charge in [-0.25, -0.2) is 0 Å². The van der Waals surface area contributed by atoms with Crippen LogP contribution in [0, 0.1) is 5.92 Å². The van der Waals surface area contributed by atoms with E-state index in [-0.39, 0.29) is 0 Å². The lowest BCUT2D eigenvalue weighted by molar-refractivity contribution is 0.118. The molecule has 0 bridgehead atoms. The molecule has 1 atom stereocenters. The first-order chi connectivity index (χ1) is 7.18. The Hall–Kier alpha value is -0.240. The summed E-state index contributed by atoms with van der Waals surface area (Å²) in [4.78, 5) is 0. The maximum absolute atomic E-state index is 10.0. The van der Waals surface area contributed by atoms with Crippen molar-refractivity contribution in [3.63, 3.8) is 0 Å². The van der Waals surface area contributed by atoms with E-state index in [0.29, 0.717) is 21.5 Å².